The molecule has 0 N–H and O–H groups in total. The van der Waals surface area contributed by atoms with E-state index in [-0.39, 0.29) is 5.82 Å². The fourth-order valence-electron chi connectivity index (χ4n) is 2.63. The molecule has 2 aromatic rings. The summed E-state index contributed by atoms with van der Waals surface area (Å²) < 4.78 is 14.1. The van der Waals surface area contributed by atoms with Crippen LogP contribution in [0.15, 0.2) is 46.9 Å². The predicted octanol–water partition coefficient (Wildman–Crippen LogP) is 3.84. The molecule has 1 heterocycles. The molecule has 4 heteroatoms. The van der Waals surface area contributed by atoms with E-state index in [0.717, 1.165) is 19.4 Å². The zero-order chi connectivity index (χ0) is 14.1. The second-order valence-electron chi connectivity index (χ2n) is 4.93. The highest BCUT2D eigenvalue weighted by molar-refractivity contribution is 9.10. The highest BCUT2D eigenvalue weighted by Gasteiger charge is 2.26. The van der Waals surface area contributed by atoms with Crippen LogP contribution in [-0.4, -0.2) is 11.2 Å². The molecule has 0 aliphatic carbocycles. The van der Waals surface area contributed by atoms with Gasteiger partial charge in [0.25, 0.3) is 0 Å². The Kier molecular flexibility index (Phi) is 3.68. The van der Waals surface area contributed by atoms with Crippen LogP contribution >= 0.6 is 15.9 Å². The zero-order valence-electron chi connectivity index (χ0n) is 10.7. The van der Waals surface area contributed by atoms with E-state index >= 15 is 0 Å². The predicted molar refractivity (Wildman–Crippen MR) is 78.6 cm³/mol. The van der Waals surface area contributed by atoms with Crippen LogP contribution in [0.2, 0.25) is 0 Å². The molecule has 0 amide bonds. The van der Waals surface area contributed by atoms with Gasteiger partial charge in [-0.3, -0.25) is 4.90 Å². The van der Waals surface area contributed by atoms with Crippen molar-refractivity contribution in [2.75, 3.05) is 0 Å². The van der Waals surface area contributed by atoms with E-state index in [1.807, 2.05) is 12.1 Å². The van der Waals surface area contributed by atoms with Crippen molar-refractivity contribution in [2.24, 2.45) is 0 Å². The summed E-state index contributed by atoms with van der Waals surface area (Å²) in [6.45, 7) is 1.44. The van der Waals surface area contributed by atoms with Gasteiger partial charge in [0, 0.05) is 13.1 Å². The molecule has 0 saturated heterocycles. The summed E-state index contributed by atoms with van der Waals surface area (Å²) in [5.74, 6) is -0.342. The fraction of sp³-hybridized carbons (Fsp3) is 0.188. The quantitative estimate of drug-likeness (QED) is 0.795. The molecule has 1 aliphatic heterocycles. The first kappa shape index (κ1) is 13.5. The Morgan fingerprint density at radius 2 is 1.80 bits per heavy atom. The number of carbonyl (C=O) groups excluding carboxylic acids is 1. The summed E-state index contributed by atoms with van der Waals surface area (Å²) in [5.41, 5.74) is 3.15. The normalized spacial score (nSPS) is 15.9. The Balaban J connectivity index is 1.88. The summed E-state index contributed by atoms with van der Waals surface area (Å²) in [7, 11) is 0. The van der Waals surface area contributed by atoms with E-state index < -0.39 is 6.04 Å². The first-order valence-corrected chi connectivity index (χ1v) is 7.19. The van der Waals surface area contributed by atoms with E-state index in [2.05, 4.69) is 33.0 Å². The maximum absolute atomic E-state index is 13.6. The van der Waals surface area contributed by atoms with Crippen LogP contribution < -0.4 is 0 Å². The third-order valence-electron chi connectivity index (χ3n) is 3.67. The number of fused-ring (bicyclic) bond motifs is 1. The van der Waals surface area contributed by atoms with Gasteiger partial charge in [-0.05, 0) is 44.8 Å². The van der Waals surface area contributed by atoms with Crippen molar-refractivity contribution in [2.45, 2.75) is 19.1 Å². The maximum atomic E-state index is 13.6. The lowest BCUT2D eigenvalue weighted by molar-refractivity contribution is -0.112. The largest absolute Gasteiger partial charge is 0.301 e. The number of carbonyl (C=O) groups is 1. The standard InChI is InChI=1S/C16H13BrFNO/c17-14-6-5-11(7-15(14)18)16(10-20)19-8-12-3-1-2-4-13(12)9-19/h1-7,10,16H,8-9H2. The minimum atomic E-state index is -0.412. The van der Waals surface area contributed by atoms with Gasteiger partial charge >= 0.3 is 0 Å². The Morgan fingerprint density at radius 1 is 1.15 bits per heavy atom. The van der Waals surface area contributed by atoms with Crippen molar-refractivity contribution in [3.63, 3.8) is 0 Å². The first-order chi connectivity index (χ1) is 9.69. The van der Waals surface area contributed by atoms with Crippen molar-refractivity contribution < 1.29 is 9.18 Å². The van der Waals surface area contributed by atoms with Crippen LogP contribution in [0.5, 0.6) is 0 Å². The summed E-state index contributed by atoms with van der Waals surface area (Å²) in [5, 5.41) is 0. The number of halogens is 2. The second-order valence-corrected chi connectivity index (χ2v) is 5.78. The lowest BCUT2D eigenvalue weighted by Gasteiger charge is -2.23. The smallest absolute Gasteiger partial charge is 0.141 e. The van der Waals surface area contributed by atoms with Crippen molar-refractivity contribution in [3.8, 4) is 0 Å². The highest BCUT2D eigenvalue weighted by atomic mass is 79.9. The van der Waals surface area contributed by atoms with E-state index in [9.17, 15) is 9.18 Å². The molecule has 1 unspecified atom stereocenters. The summed E-state index contributed by atoms with van der Waals surface area (Å²) >= 11 is 3.13. The molecule has 2 aromatic carbocycles. The lowest BCUT2D eigenvalue weighted by atomic mass is 10.1. The zero-order valence-corrected chi connectivity index (χ0v) is 12.3. The van der Waals surface area contributed by atoms with Gasteiger partial charge in [-0.15, -0.1) is 0 Å². The third kappa shape index (κ3) is 2.41. The second kappa shape index (κ2) is 5.46. The SMILES string of the molecule is O=CC(c1ccc(Br)c(F)c1)N1Cc2ccccc2C1. The van der Waals surface area contributed by atoms with Gasteiger partial charge in [0.1, 0.15) is 12.1 Å². The monoisotopic (exact) mass is 333 g/mol. The van der Waals surface area contributed by atoms with Gasteiger partial charge in [0.05, 0.1) is 10.5 Å². The van der Waals surface area contributed by atoms with Crippen LogP contribution in [0.25, 0.3) is 0 Å². The lowest BCUT2D eigenvalue weighted by Crippen LogP contribution is -2.24. The Hall–Kier alpha value is -1.52. The third-order valence-corrected chi connectivity index (χ3v) is 4.32. The topological polar surface area (TPSA) is 20.3 Å². The van der Waals surface area contributed by atoms with Crippen molar-refractivity contribution >= 4 is 22.2 Å². The average Bonchev–Trinajstić information content (AvgIpc) is 2.87. The van der Waals surface area contributed by atoms with Crippen molar-refractivity contribution in [1.29, 1.82) is 0 Å². The van der Waals surface area contributed by atoms with Gasteiger partial charge in [0.15, 0.2) is 0 Å². The molecule has 3 rings (SSSR count). The summed E-state index contributed by atoms with van der Waals surface area (Å²) in [4.78, 5) is 13.5. The molecule has 0 aromatic heterocycles. The van der Waals surface area contributed by atoms with Crippen LogP contribution in [0.1, 0.15) is 22.7 Å². The number of rotatable bonds is 3. The molecule has 0 radical (unpaired) electrons. The van der Waals surface area contributed by atoms with Gasteiger partial charge in [-0.25, -0.2) is 4.39 Å². The molecule has 2 nitrogen and oxygen atoms in total. The molecule has 0 saturated carbocycles. The number of hydrogen-bond acceptors (Lipinski definition) is 2. The molecule has 1 atom stereocenters. The van der Waals surface area contributed by atoms with Gasteiger partial charge in [-0.1, -0.05) is 30.3 Å². The van der Waals surface area contributed by atoms with Crippen LogP contribution in [0.4, 0.5) is 4.39 Å². The average molecular weight is 334 g/mol. The van der Waals surface area contributed by atoms with Crippen LogP contribution in [-0.2, 0) is 17.9 Å². The van der Waals surface area contributed by atoms with Gasteiger partial charge in [0.2, 0.25) is 0 Å². The molecular formula is C16H13BrFNO. The highest BCUT2D eigenvalue weighted by Crippen LogP contribution is 2.31. The Labute approximate surface area is 125 Å². The number of aldehydes is 1. The Bertz CT molecular complexity index is 634. The van der Waals surface area contributed by atoms with Crippen molar-refractivity contribution in [1.82, 2.24) is 4.90 Å². The van der Waals surface area contributed by atoms with E-state index in [1.165, 1.54) is 17.2 Å². The van der Waals surface area contributed by atoms with E-state index in [0.29, 0.717) is 10.0 Å². The van der Waals surface area contributed by atoms with Crippen LogP contribution in [0.3, 0.4) is 0 Å². The molecule has 0 spiro atoms. The van der Waals surface area contributed by atoms with E-state index in [4.69, 9.17) is 0 Å². The molecular weight excluding hydrogens is 321 g/mol. The van der Waals surface area contributed by atoms with Crippen molar-refractivity contribution in [3.05, 3.63) is 69.4 Å². The minimum Gasteiger partial charge on any atom is -0.301 e. The number of benzene rings is 2. The van der Waals surface area contributed by atoms with Crippen LogP contribution in [0, 0.1) is 5.82 Å². The molecule has 1 aliphatic rings. The van der Waals surface area contributed by atoms with E-state index in [1.54, 1.807) is 12.1 Å². The maximum Gasteiger partial charge on any atom is 0.141 e. The molecule has 20 heavy (non-hydrogen) atoms. The molecule has 102 valence electrons. The molecule has 0 fully saturated rings. The van der Waals surface area contributed by atoms with Gasteiger partial charge in [-0.2, -0.15) is 0 Å². The molecule has 0 bridgehead atoms. The Morgan fingerprint density at radius 3 is 2.35 bits per heavy atom. The summed E-state index contributed by atoms with van der Waals surface area (Å²) in [6.07, 6.45) is 0.883. The summed E-state index contributed by atoms with van der Waals surface area (Å²) in [6, 6.07) is 12.6. The first-order valence-electron chi connectivity index (χ1n) is 6.40. The fourth-order valence-corrected chi connectivity index (χ4v) is 2.87. The minimum absolute atomic E-state index is 0.342. The number of nitrogens with zero attached hydrogens (tertiary/aromatic N) is 1. The number of hydrogen-bond donors (Lipinski definition) is 0. The van der Waals surface area contributed by atoms with Gasteiger partial charge < -0.3 is 4.79 Å².